The summed E-state index contributed by atoms with van der Waals surface area (Å²) in [7, 11) is 2.06. The van der Waals surface area contributed by atoms with E-state index in [2.05, 4.69) is 22.2 Å². The highest BCUT2D eigenvalue weighted by atomic mass is 19.4. The number of carbonyl (C=O) groups is 1. The normalized spacial score (nSPS) is 19.4. The van der Waals surface area contributed by atoms with E-state index in [1.165, 1.54) is 6.20 Å². The average molecular weight is 473 g/mol. The van der Waals surface area contributed by atoms with Gasteiger partial charge in [-0.3, -0.25) is 9.78 Å². The Hall–Kier alpha value is -3.07. The van der Waals surface area contributed by atoms with Crippen LogP contribution in [0.2, 0.25) is 0 Å². The molecule has 3 heterocycles. The maximum atomic E-state index is 13.5. The number of pyridine rings is 1. The van der Waals surface area contributed by atoms with E-state index in [1.54, 1.807) is 31.2 Å². The molecule has 1 aliphatic carbocycles. The lowest BCUT2D eigenvalue weighted by Crippen LogP contribution is -2.43. The fourth-order valence-corrected chi connectivity index (χ4v) is 4.99. The van der Waals surface area contributed by atoms with Gasteiger partial charge in [-0.2, -0.15) is 13.2 Å². The van der Waals surface area contributed by atoms with E-state index in [9.17, 15) is 18.0 Å². The van der Waals surface area contributed by atoms with Gasteiger partial charge in [0.1, 0.15) is 23.2 Å². The molecule has 6 nitrogen and oxygen atoms in total. The minimum atomic E-state index is -4.55. The van der Waals surface area contributed by atoms with E-state index >= 15 is 0 Å². The van der Waals surface area contributed by atoms with Gasteiger partial charge in [0.2, 0.25) is 0 Å². The summed E-state index contributed by atoms with van der Waals surface area (Å²) < 4.78 is 52.5. The fraction of sp³-hybridized carbons (Fsp3) is 0.440. The van der Waals surface area contributed by atoms with E-state index in [0.29, 0.717) is 46.4 Å². The van der Waals surface area contributed by atoms with Crippen LogP contribution in [0.25, 0.3) is 11.0 Å². The standard InChI is InChI=1S/C25H26F3N3O3/c1-14-21(24(32)30-16-8-11-31(2)12-9-16)18-13-17(4-6-19(18)33-14)34-20-5-3-15-7-10-29-23(22(15)20)25(26,27)28/h4,6-7,10,13,16,20H,3,5,8-9,11-12H2,1-2H3,(H,30,32). The number of benzene rings is 1. The van der Waals surface area contributed by atoms with Gasteiger partial charge in [0.25, 0.3) is 5.91 Å². The number of hydrogen-bond acceptors (Lipinski definition) is 5. The van der Waals surface area contributed by atoms with Gasteiger partial charge >= 0.3 is 6.18 Å². The Bertz CT molecular complexity index is 1230. The van der Waals surface area contributed by atoms with Gasteiger partial charge in [-0.25, -0.2) is 0 Å². The average Bonchev–Trinajstić information content (AvgIpc) is 3.34. The van der Waals surface area contributed by atoms with Crippen molar-refractivity contribution >= 4 is 16.9 Å². The molecule has 9 heteroatoms. The topological polar surface area (TPSA) is 67.6 Å². The lowest BCUT2D eigenvalue weighted by Gasteiger charge is -2.29. The molecule has 1 aliphatic heterocycles. The number of furan rings is 1. The van der Waals surface area contributed by atoms with E-state index in [1.807, 2.05) is 0 Å². The van der Waals surface area contributed by atoms with Gasteiger partial charge in [-0.1, -0.05) is 0 Å². The molecule has 5 rings (SSSR count). The van der Waals surface area contributed by atoms with Crippen molar-refractivity contribution in [3.63, 3.8) is 0 Å². The van der Waals surface area contributed by atoms with Crippen LogP contribution in [-0.2, 0) is 12.6 Å². The van der Waals surface area contributed by atoms with E-state index < -0.39 is 18.0 Å². The number of fused-ring (bicyclic) bond motifs is 2. The van der Waals surface area contributed by atoms with Crippen LogP contribution in [0, 0.1) is 6.92 Å². The van der Waals surface area contributed by atoms with Crippen LogP contribution in [0.3, 0.4) is 0 Å². The molecule has 1 amide bonds. The van der Waals surface area contributed by atoms with E-state index in [0.717, 1.165) is 25.9 Å². The van der Waals surface area contributed by atoms with Crippen LogP contribution < -0.4 is 10.1 Å². The molecule has 1 saturated heterocycles. The number of ether oxygens (including phenoxy) is 1. The van der Waals surface area contributed by atoms with Crippen molar-refractivity contribution in [1.29, 1.82) is 0 Å². The first-order valence-corrected chi connectivity index (χ1v) is 11.4. The quantitative estimate of drug-likeness (QED) is 0.575. The van der Waals surface area contributed by atoms with Crippen molar-refractivity contribution in [3.05, 3.63) is 58.6 Å². The second-order valence-electron chi connectivity index (χ2n) is 9.12. The predicted molar refractivity (Wildman–Crippen MR) is 120 cm³/mol. The highest BCUT2D eigenvalue weighted by Gasteiger charge is 2.41. The summed E-state index contributed by atoms with van der Waals surface area (Å²) >= 11 is 0. The smallest absolute Gasteiger partial charge is 0.433 e. The molecule has 2 aliphatic rings. The molecule has 180 valence electrons. The van der Waals surface area contributed by atoms with Crippen molar-refractivity contribution in [2.45, 2.75) is 50.9 Å². The van der Waals surface area contributed by atoms with Crippen LogP contribution in [0.4, 0.5) is 13.2 Å². The Labute approximate surface area is 195 Å². The Morgan fingerprint density at radius 3 is 2.71 bits per heavy atom. The summed E-state index contributed by atoms with van der Waals surface area (Å²) in [6.07, 6.45) is -1.45. The molecule has 2 aromatic heterocycles. The lowest BCUT2D eigenvalue weighted by atomic mass is 10.0. The third-order valence-electron chi connectivity index (χ3n) is 6.74. The number of carbonyl (C=O) groups excluding carboxylic acids is 1. The Morgan fingerprint density at radius 1 is 1.21 bits per heavy atom. The number of alkyl halides is 3. The minimum Gasteiger partial charge on any atom is -0.486 e. The molecule has 1 unspecified atom stereocenters. The van der Waals surface area contributed by atoms with Crippen LogP contribution in [0.15, 0.2) is 34.9 Å². The maximum Gasteiger partial charge on any atom is 0.433 e. The zero-order chi connectivity index (χ0) is 24.0. The summed E-state index contributed by atoms with van der Waals surface area (Å²) in [6.45, 7) is 3.58. The third kappa shape index (κ3) is 4.24. The summed E-state index contributed by atoms with van der Waals surface area (Å²) in [5, 5.41) is 3.69. The lowest BCUT2D eigenvalue weighted by molar-refractivity contribution is -0.142. The molecule has 0 saturated carbocycles. The van der Waals surface area contributed by atoms with Crippen LogP contribution in [-0.4, -0.2) is 42.0 Å². The van der Waals surface area contributed by atoms with Crippen molar-refractivity contribution in [3.8, 4) is 5.75 Å². The Balaban J connectivity index is 1.41. The molecule has 34 heavy (non-hydrogen) atoms. The van der Waals surface area contributed by atoms with Crippen molar-refractivity contribution in [1.82, 2.24) is 15.2 Å². The van der Waals surface area contributed by atoms with Crippen LogP contribution in [0.1, 0.15) is 58.3 Å². The van der Waals surface area contributed by atoms with E-state index in [4.69, 9.17) is 9.15 Å². The van der Waals surface area contributed by atoms with Crippen molar-refractivity contribution in [2.24, 2.45) is 0 Å². The Morgan fingerprint density at radius 2 is 1.97 bits per heavy atom. The minimum absolute atomic E-state index is 0.0933. The summed E-state index contributed by atoms with van der Waals surface area (Å²) in [5.41, 5.74) is 0.766. The highest BCUT2D eigenvalue weighted by Crippen LogP contribution is 2.42. The Kier molecular flexibility index (Phi) is 5.75. The molecule has 1 N–H and O–H groups in total. The number of halogens is 3. The second kappa shape index (κ2) is 8.61. The van der Waals surface area contributed by atoms with Gasteiger partial charge in [-0.05, 0) is 82.6 Å². The van der Waals surface area contributed by atoms with Gasteiger partial charge in [0, 0.05) is 23.2 Å². The molecular formula is C25H26F3N3O3. The number of rotatable bonds is 4. The zero-order valence-corrected chi connectivity index (χ0v) is 19.0. The summed E-state index contributed by atoms with van der Waals surface area (Å²) in [6, 6.07) is 6.73. The number of aryl methyl sites for hydroxylation is 2. The largest absolute Gasteiger partial charge is 0.486 e. The molecule has 1 aromatic carbocycles. The number of hydrogen-bond donors (Lipinski definition) is 1. The van der Waals surface area contributed by atoms with Gasteiger partial charge in [-0.15, -0.1) is 0 Å². The summed E-state index contributed by atoms with van der Waals surface area (Å²) in [5.74, 6) is 0.668. The first-order valence-electron chi connectivity index (χ1n) is 11.4. The zero-order valence-electron chi connectivity index (χ0n) is 19.0. The maximum absolute atomic E-state index is 13.5. The van der Waals surface area contributed by atoms with Crippen LogP contribution >= 0.6 is 0 Å². The van der Waals surface area contributed by atoms with Crippen molar-refractivity contribution in [2.75, 3.05) is 20.1 Å². The predicted octanol–water partition coefficient (Wildman–Crippen LogP) is 5.05. The van der Waals surface area contributed by atoms with Crippen LogP contribution in [0.5, 0.6) is 5.75 Å². The number of nitrogens with one attached hydrogen (secondary N) is 1. The molecule has 1 fully saturated rings. The first kappa shape index (κ1) is 22.7. The first-order chi connectivity index (χ1) is 16.2. The molecule has 3 aromatic rings. The SMILES string of the molecule is Cc1oc2ccc(OC3CCc4ccnc(C(F)(F)F)c43)cc2c1C(=O)NC1CCN(C)CC1. The molecule has 1 atom stereocenters. The van der Waals surface area contributed by atoms with Gasteiger partial charge in [0.05, 0.1) is 5.56 Å². The number of nitrogens with zero attached hydrogens (tertiary/aromatic N) is 2. The molecule has 0 radical (unpaired) electrons. The second-order valence-corrected chi connectivity index (χ2v) is 9.12. The third-order valence-corrected chi connectivity index (χ3v) is 6.74. The highest BCUT2D eigenvalue weighted by molar-refractivity contribution is 6.07. The summed E-state index contributed by atoms with van der Waals surface area (Å²) in [4.78, 5) is 18.9. The molecular weight excluding hydrogens is 447 g/mol. The number of likely N-dealkylation sites (tertiary alicyclic amines) is 1. The molecule has 0 spiro atoms. The van der Waals surface area contributed by atoms with Gasteiger partial charge in [0.15, 0.2) is 5.69 Å². The van der Waals surface area contributed by atoms with E-state index in [-0.39, 0.29) is 17.5 Å². The number of amides is 1. The molecule has 0 bridgehead atoms. The monoisotopic (exact) mass is 473 g/mol. The van der Waals surface area contributed by atoms with Crippen molar-refractivity contribution < 1.29 is 27.1 Å². The number of aromatic nitrogens is 1. The van der Waals surface area contributed by atoms with Gasteiger partial charge < -0.3 is 19.4 Å². The fourth-order valence-electron chi connectivity index (χ4n) is 4.99. The number of piperidine rings is 1.